The Labute approximate surface area is 197 Å². The standard InChI is InChI=1S/C21H17N5O8S/c1-2-34-20-18(21(28)25(24-20)13-7-9-14(10-8-13)26(29)30)23-22-17-16(27)11-12-5-3-4-6-15(12)19(17)35(31,32)33/h3-11,27-28H,2H2,1H3,(H,31,32,33). The van der Waals surface area contributed by atoms with Crippen molar-refractivity contribution >= 4 is 38.0 Å². The van der Waals surface area contributed by atoms with Gasteiger partial charge in [0.15, 0.2) is 0 Å². The van der Waals surface area contributed by atoms with Crippen molar-refractivity contribution in [3.63, 3.8) is 0 Å². The van der Waals surface area contributed by atoms with Gasteiger partial charge in [-0.05, 0) is 30.5 Å². The maximum absolute atomic E-state index is 12.1. The lowest BCUT2D eigenvalue weighted by molar-refractivity contribution is -0.384. The minimum Gasteiger partial charge on any atom is -0.506 e. The van der Waals surface area contributed by atoms with E-state index in [1.807, 2.05) is 0 Å². The number of azo groups is 1. The third-order valence-corrected chi connectivity index (χ3v) is 5.78. The number of hydrogen-bond acceptors (Lipinski definition) is 10. The Balaban J connectivity index is 1.87. The van der Waals surface area contributed by atoms with Gasteiger partial charge in [0.25, 0.3) is 21.7 Å². The fourth-order valence-electron chi connectivity index (χ4n) is 3.35. The zero-order chi connectivity index (χ0) is 25.3. The smallest absolute Gasteiger partial charge is 0.297 e. The molecule has 0 bridgehead atoms. The number of hydrogen-bond donors (Lipinski definition) is 3. The molecule has 1 aromatic heterocycles. The zero-order valence-corrected chi connectivity index (χ0v) is 18.7. The molecule has 0 aliphatic heterocycles. The normalized spacial score (nSPS) is 11.8. The van der Waals surface area contributed by atoms with Crippen LogP contribution in [0.5, 0.6) is 17.5 Å². The van der Waals surface area contributed by atoms with Crippen molar-refractivity contribution in [3.05, 3.63) is 64.7 Å². The summed E-state index contributed by atoms with van der Waals surface area (Å²) < 4.78 is 40.5. The predicted octanol–water partition coefficient (Wildman–Crippen LogP) is 4.41. The fraction of sp³-hybridized carbons (Fsp3) is 0.0952. The Kier molecular flexibility index (Phi) is 6.07. The Bertz CT molecular complexity index is 1580. The Morgan fingerprint density at radius 3 is 2.37 bits per heavy atom. The van der Waals surface area contributed by atoms with Crippen LogP contribution in [0.1, 0.15) is 6.92 Å². The van der Waals surface area contributed by atoms with Gasteiger partial charge in [0, 0.05) is 17.5 Å². The summed E-state index contributed by atoms with van der Waals surface area (Å²) in [4.78, 5) is 9.64. The summed E-state index contributed by atoms with van der Waals surface area (Å²) in [6.45, 7) is 1.77. The number of phenols is 1. The fourth-order valence-corrected chi connectivity index (χ4v) is 4.20. The van der Waals surface area contributed by atoms with Crippen LogP contribution in [0.25, 0.3) is 16.5 Å². The molecule has 1 heterocycles. The topological polar surface area (TPSA) is 190 Å². The Morgan fingerprint density at radius 1 is 1.09 bits per heavy atom. The summed E-state index contributed by atoms with van der Waals surface area (Å²) in [5, 5.41) is 44.2. The van der Waals surface area contributed by atoms with Crippen molar-refractivity contribution in [1.29, 1.82) is 0 Å². The van der Waals surface area contributed by atoms with Gasteiger partial charge in [0.2, 0.25) is 11.6 Å². The number of nitrogens with zero attached hydrogens (tertiary/aromatic N) is 5. The summed E-state index contributed by atoms with van der Waals surface area (Å²) in [6, 6.07) is 12.5. The molecule has 13 nitrogen and oxygen atoms in total. The number of rotatable bonds is 7. The van der Waals surface area contributed by atoms with E-state index < -0.39 is 37.3 Å². The van der Waals surface area contributed by atoms with Gasteiger partial charge in [0.1, 0.15) is 16.3 Å². The van der Waals surface area contributed by atoms with Crippen LogP contribution in [0.4, 0.5) is 17.1 Å². The lowest BCUT2D eigenvalue weighted by Crippen LogP contribution is -2.00. The monoisotopic (exact) mass is 499 g/mol. The molecule has 0 aliphatic carbocycles. The summed E-state index contributed by atoms with van der Waals surface area (Å²) in [6.07, 6.45) is 0. The number of benzene rings is 3. The number of aromatic hydroxyl groups is 2. The quantitative estimate of drug-likeness (QED) is 0.143. The predicted molar refractivity (Wildman–Crippen MR) is 123 cm³/mol. The van der Waals surface area contributed by atoms with E-state index in [1.54, 1.807) is 19.1 Å². The highest BCUT2D eigenvalue weighted by Crippen LogP contribution is 2.43. The molecule has 0 saturated carbocycles. The highest BCUT2D eigenvalue weighted by atomic mass is 32.2. The molecule has 180 valence electrons. The molecule has 0 unspecified atom stereocenters. The van der Waals surface area contributed by atoms with Crippen molar-refractivity contribution in [2.75, 3.05) is 6.61 Å². The SMILES string of the molecule is CCOc1nn(-c2ccc([N+](=O)[O-])cc2)c(O)c1N=Nc1c(O)cc2ccccc2c1S(=O)(=O)O. The lowest BCUT2D eigenvalue weighted by atomic mass is 10.1. The molecular formula is C21H17N5O8S. The van der Waals surface area contributed by atoms with E-state index in [1.165, 1.54) is 42.5 Å². The summed E-state index contributed by atoms with van der Waals surface area (Å²) in [5.41, 5.74) is -0.798. The minimum absolute atomic E-state index is 0.0950. The van der Waals surface area contributed by atoms with Gasteiger partial charge in [-0.25, -0.2) is 0 Å². The van der Waals surface area contributed by atoms with Crippen LogP contribution in [-0.2, 0) is 10.1 Å². The van der Waals surface area contributed by atoms with Crippen LogP contribution in [0, 0.1) is 10.1 Å². The second kappa shape index (κ2) is 9.00. The summed E-state index contributed by atoms with van der Waals surface area (Å²) in [7, 11) is -4.85. The average molecular weight is 499 g/mol. The molecule has 0 amide bonds. The van der Waals surface area contributed by atoms with E-state index in [0.717, 1.165) is 4.68 Å². The molecule has 0 saturated heterocycles. The van der Waals surface area contributed by atoms with E-state index in [9.17, 15) is 33.3 Å². The third kappa shape index (κ3) is 4.47. The van der Waals surface area contributed by atoms with Crippen LogP contribution < -0.4 is 4.74 Å². The van der Waals surface area contributed by atoms with Crippen molar-refractivity contribution in [1.82, 2.24) is 9.78 Å². The molecule has 0 spiro atoms. The number of fused-ring (bicyclic) bond motifs is 1. The first-order valence-electron chi connectivity index (χ1n) is 9.95. The molecule has 0 atom stereocenters. The number of nitro benzene ring substituents is 1. The second-order valence-corrected chi connectivity index (χ2v) is 8.42. The third-order valence-electron chi connectivity index (χ3n) is 4.86. The van der Waals surface area contributed by atoms with E-state index in [0.29, 0.717) is 5.39 Å². The molecule has 4 aromatic rings. The first kappa shape index (κ1) is 23.6. The Morgan fingerprint density at radius 2 is 1.74 bits per heavy atom. The zero-order valence-electron chi connectivity index (χ0n) is 17.9. The lowest BCUT2D eigenvalue weighted by Gasteiger charge is -2.09. The second-order valence-electron chi connectivity index (χ2n) is 7.07. The molecule has 3 aromatic carbocycles. The number of aromatic nitrogens is 2. The average Bonchev–Trinajstić information content (AvgIpc) is 3.12. The summed E-state index contributed by atoms with van der Waals surface area (Å²) >= 11 is 0. The van der Waals surface area contributed by atoms with Crippen LogP contribution in [0.2, 0.25) is 0 Å². The van der Waals surface area contributed by atoms with E-state index in [4.69, 9.17) is 4.74 Å². The maximum atomic E-state index is 12.1. The van der Waals surface area contributed by atoms with Gasteiger partial charge >= 0.3 is 0 Å². The maximum Gasteiger partial charge on any atom is 0.297 e. The summed E-state index contributed by atoms with van der Waals surface area (Å²) in [5.74, 6) is -1.33. The van der Waals surface area contributed by atoms with E-state index in [-0.39, 0.29) is 34.9 Å². The highest BCUT2D eigenvalue weighted by molar-refractivity contribution is 7.86. The van der Waals surface area contributed by atoms with Gasteiger partial charge in [-0.2, -0.15) is 13.1 Å². The highest BCUT2D eigenvalue weighted by Gasteiger charge is 2.25. The number of ether oxygens (including phenoxy) is 1. The molecule has 4 rings (SSSR count). The van der Waals surface area contributed by atoms with Gasteiger partial charge < -0.3 is 14.9 Å². The minimum atomic E-state index is -4.85. The van der Waals surface area contributed by atoms with Gasteiger partial charge in [0.05, 0.1) is 17.2 Å². The largest absolute Gasteiger partial charge is 0.506 e. The number of phenolic OH excluding ortho intramolecular Hbond substituents is 1. The van der Waals surface area contributed by atoms with Crippen molar-refractivity contribution in [3.8, 4) is 23.2 Å². The van der Waals surface area contributed by atoms with E-state index >= 15 is 0 Å². The molecule has 3 N–H and O–H groups in total. The van der Waals surface area contributed by atoms with Gasteiger partial charge in [-0.1, -0.05) is 24.3 Å². The van der Waals surface area contributed by atoms with Crippen LogP contribution in [0.15, 0.2) is 69.7 Å². The first-order chi connectivity index (χ1) is 16.6. The molecule has 14 heteroatoms. The van der Waals surface area contributed by atoms with Crippen molar-refractivity contribution in [2.24, 2.45) is 10.2 Å². The molecule has 35 heavy (non-hydrogen) atoms. The molecule has 0 fully saturated rings. The first-order valence-corrected chi connectivity index (χ1v) is 11.4. The van der Waals surface area contributed by atoms with Crippen molar-refractivity contribution < 1.29 is 32.8 Å². The number of nitro groups is 1. The van der Waals surface area contributed by atoms with Crippen LogP contribution >= 0.6 is 0 Å². The van der Waals surface area contributed by atoms with Crippen LogP contribution in [-0.4, -0.2) is 44.5 Å². The molecular weight excluding hydrogens is 482 g/mol. The van der Waals surface area contributed by atoms with Crippen molar-refractivity contribution in [2.45, 2.75) is 11.8 Å². The van der Waals surface area contributed by atoms with Gasteiger partial charge in [-0.15, -0.1) is 15.3 Å². The molecule has 0 aliphatic rings. The van der Waals surface area contributed by atoms with E-state index in [2.05, 4.69) is 15.3 Å². The number of non-ortho nitro benzene ring substituents is 1. The van der Waals surface area contributed by atoms with Gasteiger partial charge in [-0.3, -0.25) is 14.7 Å². The van der Waals surface area contributed by atoms with Crippen LogP contribution in [0.3, 0.4) is 0 Å². The molecule has 0 radical (unpaired) electrons. The Hall–Kier alpha value is -4.56.